The molecule has 2 aromatic rings. The first kappa shape index (κ1) is 15.7. The van der Waals surface area contributed by atoms with Crippen LogP contribution in [0.5, 0.6) is 0 Å². The maximum absolute atomic E-state index is 11.9. The van der Waals surface area contributed by atoms with E-state index < -0.39 is 0 Å². The Balaban J connectivity index is 1.50. The Kier molecular flexibility index (Phi) is 5.07. The third-order valence-corrected chi connectivity index (χ3v) is 4.60. The van der Waals surface area contributed by atoms with Crippen LogP contribution in [0.2, 0.25) is 0 Å². The van der Waals surface area contributed by atoms with Crippen molar-refractivity contribution in [3.63, 3.8) is 0 Å². The molecule has 7 heteroatoms. The number of piperidine rings is 1. The number of urea groups is 1. The minimum Gasteiger partial charge on any atom is -0.357 e. The van der Waals surface area contributed by atoms with Gasteiger partial charge in [0.25, 0.3) is 0 Å². The molecule has 23 heavy (non-hydrogen) atoms. The normalized spacial score (nSPS) is 14.6. The Morgan fingerprint density at radius 2 is 2.13 bits per heavy atom. The zero-order valence-electron chi connectivity index (χ0n) is 13.2. The van der Waals surface area contributed by atoms with E-state index >= 15 is 0 Å². The molecule has 0 aliphatic carbocycles. The number of thiazole rings is 1. The maximum Gasteiger partial charge on any atom is 0.319 e. The summed E-state index contributed by atoms with van der Waals surface area (Å²) in [4.78, 5) is 22.9. The number of aromatic nitrogens is 2. The summed E-state index contributed by atoms with van der Waals surface area (Å²) in [6.07, 6.45) is 5.45. The minimum absolute atomic E-state index is 0.247. The summed E-state index contributed by atoms with van der Waals surface area (Å²) < 4.78 is 0. The Hall–Kier alpha value is -2.15. The molecule has 0 unspecified atom stereocenters. The average molecular weight is 331 g/mol. The van der Waals surface area contributed by atoms with Gasteiger partial charge < -0.3 is 15.5 Å². The zero-order valence-corrected chi connectivity index (χ0v) is 14.0. The fourth-order valence-electron chi connectivity index (χ4n) is 2.61. The van der Waals surface area contributed by atoms with Gasteiger partial charge in [-0.05, 0) is 38.3 Å². The molecular formula is C16H21N5OS. The molecule has 0 spiro atoms. The van der Waals surface area contributed by atoms with Crippen molar-refractivity contribution in [2.45, 2.75) is 32.7 Å². The highest BCUT2D eigenvalue weighted by atomic mass is 32.1. The Morgan fingerprint density at radius 1 is 1.30 bits per heavy atom. The molecule has 2 N–H and O–H groups in total. The SMILES string of the molecule is Cc1nc(CNC(=O)Nc2ccc(N3CCCCC3)nc2)cs1. The number of nitrogens with one attached hydrogen (secondary N) is 2. The maximum atomic E-state index is 11.9. The summed E-state index contributed by atoms with van der Waals surface area (Å²) in [7, 11) is 0. The molecule has 0 aromatic carbocycles. The Labute approximate surface area is 140 Å². The second kappa shape index (κ2) is 7.41. The number of carbonyl (C=O) groups excluding carboxylic acids is 1. The van der Waals surface area contributed by atoms with Crippen molar-refractivity contribution < 1.29 is 4.79 Å². The summed E-state index contributed by atoms with van der Waals surface area (Å²) in [5.41, 5.74) is 1.57. The number of carbonyl (C=O) groups is 1. The molecule has 1 fully saturated rings. The smallest absolute Gasteiger partial charge is 0.319 e. The van der Waals surface area contributed by atoms with Crippen LogP contribution >= 0.6 is 11.3 Å². The van der Waals surface area contributed by atoms with Crippen LogP contribution in [0, 0.1) is 6.92 Å². The van der Waals surface area contributed by atoms with E-state index in [0.717, 1.165) is 29.6 Å². The summed E-state index contributed by atoms with van der Waals surface area (Å²) in [6, 6.07) is 3.61. The molecule has 1 saturated heterocycles. The van der Waals surface area contributed by atoms with E-state index in [1.54, 1.807) is 17.5 Å². The lowest BCUT2D eigenvalue weighted by molar-refractivity contribution is 0.251. The first-order chi connectivity index (χ1) is 11.2. The fraction of sp³-hybridized carbons (Fsp3) is 0.438. The van der Waals surface area contributed by atoms with Gasteiger partial charge in [-0.1, -0.05) is 0 Å². The lowest BCUT2D eigenvalue weighted by Gasteiger charge is -2.27. The van der Waals surface area contributed by atoms with Crippen LogP contribution < -0.4 is 15.5 Å². The van der Waals surface area contributed by atoms with Crippen molar-refractivity contribution in [3.05, 3.63) is 34.4 Å². The largest absolute Gasteiger partial charge is 0.357 e. The molecule has 0 atom stereocenters. The van der Waals surface area contributed by atoms with E-state index in [0.29, 0.717) is 12.2 Å². The number of pyridine rings is 1. The highest BCUT2D eigenvalue weighted by molar-refractivity contribution is 7.09. The molecule has 3 heterocycles. The first-order valence-corrected chi connectivity index (χ1v) is 8.75. The van der Waals surface area contributed by atoms with E-state index in [-0.39, 0.29) is 6.03 Å². The molecular weight excluding hydrogens is 310 g/mol. The van der Waals surface area contributed by atoms with Crippen molar-refractivity contribution in [1.82, 2.24) is 15.3 Å². The van der Waals surface area contributed by atoms with E-state index in [2.05, 4.69) is 25.5 Å². The van der Waals surface area contributed by atoms with Crippen molar-refractivity contribution in [1.29, 1.82) is 0 Å². The van der Waals surface area contributed by atoms with Gasteiger partial charge in [0.15, 0.2) is 0 Å². The molecule has 0 saturated carbocycles. The van der Waals surface area contributed by atoms with Gasteiger partial charge in [0.2, 0.25) is 0 Å². The second-order valence-electron chi connectivity index (χ2n) is 5.62. The predicted octanol–water partition coefficient (Wildman–Crippen LogP) is 3.16. The molecule has 6 nitrogen and oxygen atoms in total. The van der Waals surface area contributed by atoms with Crippen molar-refractivity contribution >= 4 is 28.9 Å². The highest BCUT2D eigenvalue weighted by Gasteiger charge is 2.12. The van der Waals surface area contributed by atoms with Crippen LogP contribution in [-0.4, -0.2) is 29.1 Å². The van der Waals surface area contributed by atoms with E-state index in [4.69, 9.17) is 0 Å². The number of aryl methyl sites for hydroxylation is 1. The fourth-order valence-corrected chi connectivity index (χ4v) is 3.22. The van der Waals surface area contributed by atoms with Crippen molar-refractivity contribution in [3.8, 4) is 0 Å². The first-order valence-electron chi connectivity index (χ1n) is 7.87. The van der Waals surface area contributed by atoms with Crippen LogP contribution in [0.1, 0.15) is 30.0 Å². The predicted molar refractivity (Wildman–Crippen MR) is 93.0 cm³/mol. The van der Waals surface area contributed by atoms with Gasteiger partial charge in [-0.15, -0.1) is 11.3 Å². The monoisotopic (exact) mass is 331 g/mol. The van der Waals surface area contributed by atoms with E-state index in [1.165, 1.54) is 19.3 Å². The topological polar surface area (TPSA) is 70.2 Å². The van der Waals surface area contributed by atoms with Gasteiger partial charge in [-0.3, -0.25) is 0 Å². The van der Waals surface area contributed by atoms with Gasteiger partial charge in [0, 0.05) is 18.5 Å². The molecule has 1 aliphatic heterocycles. The third kappa shape index (κ3) is 4.41. The number of amides is 2. The molecule has 3 rings (SSSR count). The molecule has 2 amide bonds. The molecule has 122 valence electrons. The number of anilines is 2. The second-order valence-corrected chi connectivity index (χ2v) is 6.68. The summed E-state index contributed by atoms with van der Waals surface area (Å²) >= 11 is 1.58. The summed E-state index contributed by atoms with van der Waals surface area (Å²) in [6.45, 7) is 4.50. The lowest BCUT2D eigenvalue weighted by Crippen LogP contribution is -2.30. The van der Waals surface area contributed by atoms with Gasteiger partial charge in [0.05, 0.1) is 29.1 Å². The quantitative estimate of drug-likeness (QED) is 0.903. The van der Waals surface area contributed by atoms with Gasteiger partial charge in [-0.2, -0.15) is 0 Å². The number of hydrogen-bond acceptors (Lipinski definition) is 5. The Morgan fingerprint density at radius 3 is 2.78 bits per heavy atom. The molecule has 1 aliphatic rings. The number of nitrogens with zero attached hydrogens (tertiary/aromatic N) is 3. The van der Waals surface area contributed by atoms with Crippen LogP contribution in [0.3, 0.4) is 0 Å². The standard InChI is InChI=1S/C16H21N5OS/c1-12-19-14(11-23-12)10-18-16(22)20-13-5-6-15(17-9-13)21-7-3-2-4-8-21/h5-6,9,11H,2-4,7-8,10H2,1H3,(H2,18,20,22). The lowest BCUT2D eigenvalue weighted by atomic mass is 10.1. The average Bonchev–Trinajstić information content (AvgIpc) is 3.00. The van der Waals surface area contributed by atoms with Crippen LogP contribution in [0.4, 0.5) is 16.3 Å². The van der Waals surface area contributed by atoms with Gasteiger partial charge >= 0.3 is 6.03 Å². The van der Waals surface area contributed by atoms with Gasteiger partial charge in [-0.25, -0.2) is 14.8 Å². The summed E-state index contributed by atoms with van der Waals surface area (Å²) in [5, 5.41) is 8.54. The molecule has 2 aromatic heterocycles. The highest BCUT2D eigenvalue weighted by Crippen LogP contribution is 2.18. The van der Waals surface area contributed by atoms with Crippen LogP contribution in [0.25, 0.3) is 0 Å². The van der Waals surface area contributed by atoms with Crippen molar-refractivity contribution in [2.75, 3.05) is 23.3 Å². The minimum atomic E-state index is -0.247. The summed E-state index contributed by atoms with van der Waals surface area (Å²) in [5.74, 6) is 0.980. The molecule has 0 bridgehead atoms. The number of hydrogen-bond donors (Lipinski definition) is 2. The molecule has 0 radical (unpaired) electrons. The number of rotatable bonds is 4. The van der Waals surface area contributed by atoms with Crippen LogP contribution in [-0.2, 0) is 6.54 Å². The van der Waals surface area contributed by atoms with E-state index in [1.807, 2.05) is 24.4 Å². The van der Waals surface area contributed by atoms with E-state index in [9.17, 15) is 4.79 Å². The van der Waals surface area contributed by atoms with Crippen LogP contribution in [0.15, 0.2) is 23.7 Å². The zero-order chi connectivity index (χ0) is 16.1. The van der Waals surface area contributed by atoms with Crippen molar-refractivity contribution in [2.24, 2.45) is 0 Å². The Bertz CT molecular complexity index is 649. The third-order valence-electron chi connectivity index (χ3n) is 3.78. The van der Waals surface area contributed by atoms with Gasteiger partial charge in [0.1, 0.15) is 5.82 Å².